The van der Waals surface area contributed by atoms with Crippen molar-refractivity contribution in [3.63, 3.8) is 0 Å². The quantitative estimate of drug-likeness (QED) is 0.868. The third-order valence-corrected chi connectivity index (χ3v) is 2.72. The molecule has 1 heterocycles. The van der Waals surface area contributed by atoms with Gasteiger partial charge < -0.3 is 20.0 Å². The van der Waals surface area contributed by atoms with E-state index in [0.717, 1.165) is 0 Å². The predicted molar refractivity (Wildman–Crippen MR) is 69.7 cm³/mol. The molecule has 1 aromatic carbocycles. The van der Waals surface area contributed by atoms with Gasteiger partial charge in [-0.15, -0.1) is 0 Å². The summed E-state index contributed by atoms with van der Waals surface area (Å²) in [5.74, 6) is -0.665. The zero-order chi connectivity index (χ0) is 14.7. The number of primary amides is 1. The van der Waals surface area contributed by atoms with Gasteiger partial charge in [0.05, 0.1) is 5.56 Å². The van der Waals surface area contributed by atoms with Gasteiger partial charge >= 0.3 is 5.97 Å². The predicted octanol–water partition coefficient (Wildman–Crippen LogP) is 1.96. The molecule has 0 aliphatic rings. The minimum absolute atomic E-state index is 0.0123. The van der Waals surface area contributed by atoms with E-state index < -0.39 is 11.9 Å². The zero-order valence-electron chi connectivity index (χ0n) is 10.8. The van der Waals surface area contributed by atoms with E-state index in [1.165, 1.54) is 6.07 Å². The van der Waals surface area contributed by atoms with Crippen LogP contribution in [0.4, 0.5) is 0 Å². The molecule has 6 nitrogen and oxygen atoms in total. The van der Waals surface area contributed by atoms with E-state index in [0.29, 0.717) is 17.3 Å². The van der Waals surface area contributed by atoms with E-state index in [4.69, 9.17) is 20.0 Å². The minimum atomic E-state index is -1.06. The second-order valence-electron chi connectivity index (χ2n) is 4.14. The number of carboxylic acids is 1. The number of furan rings is 1. The van der Waals surface area contributed by atoms with E-state index in [1.807, 2.05) is 0 Å². The summed E-state index contributed by atoms with van der Waals surface area (Å²) in [5, 5.41) is 8.92. The highest BCUT2D eigenvalue weighted by Crippen LogP contribution is 2.20. The van der Waals surface area contributed by atoms with Crippen molar-refractivity contribution in [1.29, 1.82) is 0 Å². The molecule has 0 atom stereocenters. The number of aryl methyl sites for hydroxylation is 1. The minimum Gasteiger partial charge on any atom is -0.485 e. The third kappa shape index (κ3) is 2.80. The van der Waals surface area contributed by atoms with Crippen molar-refractivity contribution < 1.29 is 23.8 Å². The van der Waals surface area contributed by atoms with E-state index in [-0.39, 0.29) is 17.7 Å². The SMILES string of the molecule is Cc1oc(COc2ccccc2C(N)=O)cc1C(=O)O. The Kier molecular flexibility index (Phi) is 3.74. The van der Waals surface area contributed by atoms with Crippen LogP contribution in [0.15, 0.2) is 34.7 Å². The fourth-order valence-corrected chi connectivity index (χ4v) is 1.77. The molecule has 0 saturated carbocycles. The number of amides is 1. The lowest BCUT2D eigenvalue weighted by Gasteiger charge is -2.07. The van der Waals surface area contributed by atoms with E-state index >= 15 is 0 Å². The maximum atomic E-state index is 11.2. The second-order valence-corrected chi connectivity index (χ2v) is 4.14. The fourth-order valence-electron chi connectivity index (χ4n) is 1.77. The topological polar surface area (TPSA) is 103 Å². The summed E-state index contributed by atoms with van der Waals surface area (Å²) in [4.78, 5) is 22.1. The maximum Gasteiger partial charge on any atom is 0.339 e. The van der Waals surface area contributed by atoms with Crippen molar-refractivity contribution in [2.45, 2.75) is 13.5 Å². The van der Waals surface area contributed by atoms with Gasteiger partial charge in [0.2, 0.25) is 0 Å². The molecular weight excluding hydrogens is 262 g/mol. The van der Waals surface area contributed by atoms with Gasteiger partial charge in [-0.05, 0) is 25.1 Å². The summed E-state index contributed by atoms with van der Waals surface area (Å²) in [7, 11) is 0. The van der Waals surface area contributed by atoms with Crippen LogP contribution in [0.5, 0.6) is 5.75 Å². The van der Waals surface area contributed by atoms with Crippen molar-refractivity contribution in [2.75, 3.05) is 0 Å². The number of hydrogen-bond donors (Lipinski definition) is 2. The molecule has 0 aliphatic carbocycles. The standard InChI is InChI=1S/C14H13NO5/c1-8-11(14(17)18)6-9(20-8)7-19-12-5-3-2-4-10(12)13(15)16/h2-6H,7H2,1H3,(H2,15,16)(H,17,18). The van der Waals surface area contributed by atoms with Gasteiger partial charge in [-0.3, -0.25) is 4.79 Å². The number of benzene rings is 1. The Morgan fingerprint density at radius 3 is 2.60 bits per heavy atom. The van der Waals surface area contributed by atoms with E-state index in [2.05, 4.69) is 0 Å². The fraction of sp³-hybridized carbons (Fsp3) is 0.143. The van der Waals surface area contributed by atoms with Crippen LogP contribution in [-0.4, -0.2) is 17.0 Å². The average Bonchev–Trinajstić information content (AvgIpc) is 2.78. The van der Waals surface area contributed by atoms with Gasteiger partial charge in [0, 0.05) is 0 Å². The first-order valence-corrected chi connectivity index (χ1v) is 5.83. The summed E-state index contributed by atoms with van der Waals surface area (Å²) in [6, 6.07) is 7.93. The highest BCUT2D eigenvalue weighted by atomic mass is 16.5. The van der Waals surface area contributed by atoms with Crippen LogP contribution in [0.1, 0.15) is 32.2 Å². The Hall–Kier alpha value is -2.76. The van der Waals surface area contributed by atoms with Gasteiger partial charge in [-0.25, -0.2) is 4.79 Å². The van der Waals surface area contributed by atoms with Crippen LogP contribution < -0.4 is 10.5 Å². The van der Waals surface area contributed by atoms with Gasteiger partial charge in [0.25, 0.3) is 5.91 Å². The smallest absolute Gasteiger partial charge is 0.339 e. The molecule has 104 valence electrons. The first-order valence-electron chi connectivity index (χ1n) is 5.83. The highest BCUT2D eigenvalue weighted by molar-refractivity contribution is 5.95. The lowest BCUT2D eigenvalue weighted by Crippen LogP contribution is -2.12. The Bertz CT molecular complexity index is 659. The average molecular weight is 275 g/mol. The van der Waals surface area contributed by atoms with Gasteiger partial charge in [-0.2, -0.15) is 0 Å². The van der Waals surface area contributed by atoms with Crippen LogP contribution in [0.3, 0.4) is 0 Å². The van der Waals surface area contributed by atoms with Crippen molar-refractivity contribution >= 4 is 11.9 Å². The number of carbonyl (C=O) groups excluding carboxylic acids is 1. The summed E-state index contributed by atoms with van der Waals surface area (Å²) in [5.41, 5.74) is 5.58. The summed E-state index contributed by atoms with van der Waals surface area (Å²) in [6.45, 7) is 1.57. The summed E-state index contributed by atoms with van der Waals surface area (Å²) in [6.07, 6.45) is 0. The largest absolute Gasteiger partial charge is 0.485 e. The molecule has 1 aromatic heterocycles. The van der Waals surface area contributed by atoms with Crippen LogP contribution >= 0.6 is 0 Å². The molecule has 3 N–H and O–H groups in total. The van der Waals surface area contributed by atoms with Gasteiger partial charge in [0.1, 0.15) is 29.4 Å². The molecule has 0 saturated heterocycles. The number of para-hydroxylation sites is 1. The number of carbonyl (C=O) groups is 2. The van der Waals surface area contributed by atoms with Crippen LogP contribution in [-0.2, 0) is 6.61 Å². The summed E-state index contributed by atoms with van der Waals surface area (Å²) < 4.78 is 10.7. The van der Waals surface area contributed by atoms with Crippen molar-refractivity contribution in [1.82, 2.24) is 0 Å². The van der Waals surface area contributed by atoms with E-state index in [9.17, 15) is 9.59 Å². The number of aromatic carboxylic acids is 1. The second kappa shape index (κ2) is 5.48. The maximum absolute atomic E-state index is 11.2. The Labute approximate surface area is 114 Å². The first kappa shape index (κ1) is 13.7. The molecule has 2 aromatic rings. The number of hydrogen-bond acceptors (Lipinski definition) is 4. The first-order chi connectivity index (χ1) is 9.49. The van der Waals surface area contributed by atoms with Gasteiger partial charge in [-0.1, -0.05) is 12.1 Å². The molecule has 0 unspecified atom stereocenters. The molecule has 2 rings (SSSR count). The molecule has 0 spiro atoms. The van der Waals surface area contributed by atoms with Crippen LogP contribution in [0.25, 0.3) is 0 Å². The normalized spacial score (nSPS) is 10.2. The Morgan fingerprint density at radius 1 is 1.30 bits per heavy atom. The lowest BCUT2D eigenvalue weighted by molar-refractivity contribution is 0.0694. The summed E-state index contributed by atoms with van der Waals surface area (Å²) >= 11 is 0. The number of rotatable bonds is 5. The van der Waals surface area contributed by atoms with E-state index in [1.54, 1.807) is 31.2 Å². The number of nitrogens with two attached hydrogens (primary N) is 1. The Morgan fingerprint density at radius 2 is 2.00 bits per heavy atom. The van der Waals surface area contributed by atoms with Crippen LogP contribution in [0, 0.1) is 6.92 Å². The molecule has 0 aliphatic heterocycles. The zero-order valence-corrected chi connectivity index (χ0v) is 10.8. The monoisotopic (exact) mass is 275 g/mol. The van der Waals surface area contributed by atoms with Crippen molar-refractivity contribution in [3.8, 4) is 5.75 Å². The molecule has 0 fully saturated rings. The lowest BCUT2D eigenvalue weighted by atomic mass is 10.2. The third-order valence-electron chi connectivity index (χ3n) is 2.72. The molecule has 0 bridgehead atoms. The Balaban J connectivity index is 2.15. The molecule has 6 heteroatoms. The van der Waals surface area contributed by atoms with Gasteiger partial charge in [0.15, 0.2) is 0 Å². The molecular formula is C14H13NO5. The number of ether oxygens (including phenoxy) is 1. The molecule has 20 heavy (non-hydrogen) atoms. The molecule has 0 radical (unpaired) electrons. The highest BCUT2D eigenvalue weighted by Gasteiger charge is 2.15. The molecule has 1 amide bonds. The number of carboxylic acid groups (broad SMARTS) is 1. The van der Waals surface area contributed by atoms with Crippen molar-refractivity contribution in [2.24, 2.45) is 5.73 Å². The van der Waals surface area contributed by atoms with Crippen molar-refractivity contribution in [3.05, 3.63) is 53.0 Å². The van der Waals surface area contributed by atoms with Crippen LogP contribution in [0.2, 0.25) is 0 Å².